The van der Waals surface area contributed by atoms with Gasteiger partial charge in [-0.15, -0.1) is 0 Å². The number of nitrogens with zero attached hydrogens (tertiary/aromatic N) is 1. The molecule has 0 fully saturated rings. The van der Waals surface area contributed by atoms with Gasteiger partial charge < -0.3 is 16.4 Å². The van der Waals surface area contributed by atoms with Crippen molar-refractivity contribution in [2.24, 2.45) is 5.41 Å². The molecule has 0 saturated carbocycles. The first-order valence-electron chi connectivity index (χ1n) is 5.24. The van der Waals surface area contributed by atoms with E-state index in [9.17, 15) is 4.79 Å². The Bertz CT molecular complexity index is 420. The van der Waals surface area contributed by atoms with E-state index in [1.807, 2.05) is 13.8 Å². The van der Waals surface area contributed by atoms with Gasteiger partial charge in [-0.25, -0.2) is 4.98 Å². The van der Waals surface area contributed by atoms with Crippen LogP contribution < -0.4 is 16.4 Å². The van der Waals surface area contributed by atoms with E-state index >= 15 is 0 Å². The molecule has 0 unspecified atom stereocenters. The van der Waals surface area contributed by atoms with Crippen molar-refractivity contribution >= 4 is 33.3 Å². The summed E-state index contributed by atoms with van der Waals surface area (Å²) in [4.78, 5) is 15.7. The fraction of sp³-hybridized carbons (Fsp3) is 0.455. The highest BCUT2D eigenvalue weighted by Gasteiger charge is 2.26. The van der Waals surface area contributed by atoms with Crippen LogP contribution >= 0.6 is 15.9 Å². The first kappa shape index (κ1) is 13.8. The minimum Gasteiger partial charge on any atom is -0.396 e. The van der Waals surface area contributed by atoms with Crippen LogP contribution in [-0.4, -0.2) is 24.5 Å². The molecule has 0 spiro atoms. The zero-order valence-electron chi connectivity index (χ0n) is 10.2. The number of aromatic nitrogens is 1. The lowest BCUT2D eigenvalue weighted by Crippen LogP contribution is -2.39. The number of hydrogen-bond acceptors (Lipinski definition) is 4. The van der Waals surface area contributed by atoms with Crippen molar-refractivity contribution in [3.8, 4) is 0 Å². The fourth-order valence-electron chi connectivity index (χ4n) is 1.33. The third-order valence-corrected chi connectivity index (χ3v) is 2.86. The van der Waals surface area contributed by atoms with E-state index in [1.165, 1.54) is 0 Å². The standard InChI is InChI=1S/C11H17BrN4O/c1-11(2,10(17)14-3)6-16-9-8(13)4-7(12)5-15-9/h4-5H,6,13H2,1-3H3,(H,14,17)(H,15,16). The predicted octanol–water partition coefficient (Wildman–Crippen LogP) is 1.61. The van der Waals surface area contributed by atoms with Crippen molar-refractivity contribution < 1.29 is 4.79 Å². The molecular formula is C11H17BrN4O. The van der Waals surface area contributed by atoms with Gasteiger partial charge in [0.15, 0.2) is 0 Å². The third kappa shape index (κ3) is 3.59. The highest BCUT2D eigenvalue weighted by molar-refractivity contribution is 9.10. The van der Waals surface area contributed by atoms with E-state index in [1.54, 1.807) is 19.3 Å². The maximum absolute atomic E-state index is 11.6. The molecule has 4 N–H and O–H groups in total. The Labute approximate surface area is 109 Å². The molecule has 1 aromatic rings. The number of nitrogen functional groups attached to an aromatic ring is 1. The Hall–Kier alpha value is -1.30. The minimum atomic E-state index is -0.518. The van der Waals surface area contributed by atoms with E-state index in [2.05, 4.69) is 31.5 Å². The SMILES string of the molecule is CNC(=O)C(C)(C)CNc1ncc(Br)cc1N. The summed E-state index contributed by atoms with van der Waals surface area (Å²) in [5.41, 5.74) is 5.83. The minimum absolute atomic E-state index is 0.0271. The largest absolute Gasteiger partial charge is 0.396 e. The summed E-state index contributed by atoms with van der Waals surface area (Å²) in [5.74, 6) is 0.561. The Morgan fingerprint density at radius 2 is 2.24 bits per heavy atom. The third-order valence-electron chi connectivity index (χ3n) is 2.42. The van der Waals surface area contributed by atoms with Crippen molar-refractivity contribution in [3.63, 3.8) is 0 Å². The van der Waals surface area contributed by atoms with Crippen molar-refractivity contribution in [1.82, 2.24) is 10.3 Å². The molecule has 0 radical (unpaired) electrons. The zero-order chi connectivity index (χ0) is 13.1. The smallest absolute Gasteiger partial charge is 0.227 e. The summed E-state index contributed by atoms with van der Waals surface area (Å²) < 4.78 is 0.825. The Kier molecular flexibility index (Phi) is 4.34. The number of carbonyl (C=O) groups excluding carboxylic acids is 1. The van der Waals surface area contributed by atoms with Gasteiger partial charge in [0.2, 0.25) is 5.91 Å². The molecule has 1 rings (SSSR count). The van der Waals surface area contributed by atoms with Crippen LogP contribution in [0.5, 0.6) is 0 Å². The first-order valence-corrected chi connectivity index (χ1v) is 6.03. The normalized spacial score (nSPS) is 11.1. The first-order chi connectivity index (χ1) is 7.86. The second kappa shape index (κ2) is 5.35. The highest BCUT2D eigenvalue weighted by Crippen LogP contribution is 2.22. The molecule has 94 valence electrons. The molecule has 0 atom stereocenters. The number of anilines is 2. The second-order valence-corrected chi connectivity index (χ2v) is 5.32. The van der Waals surface area contributed by atoms with E-state index in [4.69, 9.17) is 5.73 Å². The van der Waals surface area contributed by atoms with Crippen LogP contribution in [0.1, 0.15) is 13.8 Å². The van der Waals surface area contributed by atoms with Crippen LogP contribution in [-0.2, 0) is 4.79 Å². The molecule has 5 nitrogen and oxygen atoms in total. The number of rotatable bonds is 4. The van der Waals surface area contributed by atoms with Crippen LogP contribution in [0.3, 0.4) is 0 Å². The van der Waals surface area contributed by atoms with Crippen LogP contribution in [0.2, 0.25) is 0 Å². The number of carbonyl (C=O) groups is 1. The van der Waals surface area contributed by atoms with Crippen molar-refractivity contribution in [2.75, 3.05) is 24.6 Å². The Morgan fingerprint density at radius 1 is 1.59 bits per heavy atom. The maximum Gasteiger partial charge on any atom is 0.227 e. The molecule has 17 heavy (non-hydrogen) atoms. The van der Waals surface area contributed by atoms with E-state index in [0.29, 0.717) is 18.1 Å². The average molecular weight is 301 g/mol. The van der Waals surface area contributed by atoms with Crippen molar-refractivity contribution in [1.29, 1.82) is 0 Å². The highest BCUT2D eigenvalue weighted by atomic mass is 79.9. The lowest BCUT2D eigenvalue weighted by Gasteiger charge is -2.23. The number of hydrogen-bond donors (Lipinski definition) is 3. The predicted molar refractivity (Wildman–Crippen MR) is 72.7 cm³/mol. The van der Waals surface area contributed by atoms with Crippen LogP contribution in [0.4, 0.5) is 11.5 Å². The summed E-state index contributed by atoms with van der Waals surface area (Å²) in [6.45, 7) is 4.17. The van der Waals surface area contributed by atoms with Crippen molar-refractivity contribution in [2.45, 2.75) is 13.8 Å². The molecule has 1 aromatic heterocycles. The molecule has 1 amide bonds. The fourth-order valence-corrected chi connectivity index (χ4v) is 1.67. The van der Waals surface area contributed by atoms with Gasteiger partial charge in [0.25, 0.3) is 0 Å². The Morgan fingerprint density at radius 3 is 2.76 bits per heavy atom. The number of pyridine rings is 1. The lowest BCUT2D eigenvalue weighted by molar-refractivity contribution is -0.128. The summed E-state index contributed by atoms with van der Waals surface area (Å²) in [7, 11) is 1.62. The summed E-state index contributed by atoms with van der Waals surface area (Å²) >= 11 is 3.29. The van der Waals surface area contributed by atoms with Gasteiger partial charge in [-0.05, 0) is 35.8 Å². The summed E-state index contributed by atoms with van der Waals surface area (Å²) in [6, 6.07) is 1.77. The molecule has 1 heterocycles. The van der Waals surface area contributed by atoms with Gasteiger partial charge in [-0.3, -0.25) is 4.79 Å². The molecular weight excluding hydrogens is 284 g/mol. The number of nitrogens with one attached hydrogen (secondary N) is 2. The molecule has 0 bridgehead atoms. The molecule has 6 heteroatoms. The molecule has 0 aromatic carbocycles. The molecule has 0 saturated heterocycles. The van der Waals surface area contributed by atoms with Gasteiger partial charge in [0, 0.05) is 24.3 Å². The van der Waals surface area contributed by atoms with E-state index < -0.39 is 5.41 Å². The number of nitrogens with two attached hydrogens (primary N) is 1. The number of halogens is 1. The van der Waals surface area contributed by atoms with Gasteiger partial charge in [0.1, 0.15) is 5.82 Å². The molecule has 0 aliphatic rings. The number of amides is 1. The van der Waals surface area contributed by atoms with E-state index in [0.717, 1.165) is 4.47 Å². The van der Waals surface area contributed by atoms with Crippen LogP contribution in [0, 0.1) is 5.41 Å². The topological polar surface area (TPSA) is 80.0 Å². The maximum atomic E-state index is 11.6. The molecule has 0 aliphatic heterocycles. The Balaban J connectivity index is 2.70. The van der Waals surface area contributed by atoms with Gasteiger partial charge in [-0.2, -0.15) is 0 Å². The second-order valence-electron chi connectivity index (χ2n) is 4.41. The van der Waals surface area contributed by atoms with E-state index in [-0.39, 0.29) is 5.91 Å². The molecule has 0 aliphatic carbocycles. The van der Waals surface area contributed by atoms with Crippen LogP contribution in [0.25, 0.3) is 0 Å². The lowest BCUT2D eigenvalue weighted by atomic mass is 9.92. The van der Waals surface area contributed by atoms with Gasteiger partial charge in [-0.1, -0.05) is 0 Å². The summed E-state index contributed by atoms with van der Waals surface area (Å²) in [6.07, 6.45) is 1.66. The van der Waals surface area contributed by atoms with Gasteiger partial charge >= 0.3 is 0 Å². The van der Waals surface area contributed by atoms with Gasteiger partial charge in [0.05, 0.1) is 11.1 Å². The quantitative estimate of drug-likeness (QED) is 0.789. The average Bonchev–Trinajstić information content (AvgIpc) is 2.26. The zero-order valence-corrected chi connectivity index (χ0v) is 11.8. The summed E-state index contributed by atoms with van der Waals surface area (Å²) in [5, 5.41) is 5.71. The van der Waals surface area contributed by atoms with Crippen LogP contribution in [0.15, 0.2) is 16.7 Å². The monoisotopic (exact) mass is 300 g/mol. The van der Waals surface area contributed by atoms with Crippen molar-refractivity contribution in [3.05, 3.63) is 16.7 Å².